The zero-order valence-electron chi connectivity index (χ0n) is 38.0. The van der Waals surface area contributed by atoms with Crippen LogP contribution in [0.3, 0.4) is 0 Å². The molecule has 0 saturated heterocycles. The van der Waals surface area contributed by atoms with E-state index in [0.717, 1.165) is 12.8 Å². The molecule has 65 heavy (non-hydrogen) atoms. The van der Waals surface area contributed by atoms with E-state index in [1.165, 1.54) is 26.3 Å². The number of anilines is 2. The number of carbonyl (C=O) groups is 4. The molecule has 0 radical (unpaired) electrons. The highest BCUT2D eigenvalue weighted by atomic mass is 32.2. The minimum absolute atomic E-state index is 0.0594. The van der Waals surface area contributed by atoms with Gasteiger partial charge in [-0.15, -0.1) is 0 Å². The molecular formula is C44H56N12O8S. The lowest BCUT2D eigenvalue weighted by Crippen LogP contribution is -2.28. The second-order valence-corrected chi connectivity index (χ2v) is 17.2. The Labute approximate surface area is 377 Å². The predicted octanol–water partition coefficient (Wildman–Crippen LogP) is 5.34. The maximum Gasteiger partial charge on any atom is 0.276 e. The van der Waals surface area contributed by atoms with Crippen molar-refractivity contribution in [2.24, 2.45) is 0 Å². The molecule has 0 atom stereocenters. The van der Waals surface area contributed by atoms with E-state index in [1.54, 1.807) is 68.6 Å². The molecule has 3 amide bonds. The molecular weight excluding hydrogens is 857 g/mol. The summed E-state index contributed by atoms with van der Waals surface area (Å²) in [4.78, 5) is 63.3. The van der Waals surface area contributed by atoms with Gasteiger partial charge in [0.2, 0.25) is 27.8 Å². The first-order valence-corrected chi connectivity index (χ1v) is 22.9. The average Bonchev–Trinajstić information content (AvgIpc) is 4.06. The number of aldehydes is 1. The average molecular weight is 913 g/mol. The quantitative estimate of drug-likeness (QED) is 0.0445. The number of nitrogens with one attached hydrogen (secondary N) is 3. The number of nitrogens with zero attached hydrogens (tertiary/aromatic N) is 9. The standard InChI is InChI=1S/C44H56N12O8S/c1-9-12-16-38(58)52(7)17-15-20-64-37-24-30(27-57)23-32-40(37)54(43(46-32)48-41(59)34-21-28(4)50-55(34)10-2)19-14-13-18-53-39-33(25-31(26-36(39)63-8)65(61,62)45-6)47-44(53)49-42(60)35-22-29(5)51-56(35)11-3/h13-14,21-27,45H,9-12,15-20H2,1-8H3,(H,46,48,59)(H,47,49,60)/b14-13+. The molecule has 0 aliphatic rings. The molecule has 3 N–H and O–H groups in total. The zero-order chi connectivity index (χ0) is 47.0. The molecule has 20 nitrogen and oxygen atoms in total. The van der Waals surface area contributed by atoms with E-state index in [1.807, 2.05) is 32.9 Å². The third-order valence-corrected chi connectivity index (χ3v) is 12.1. The number of allylic oxidation sites excluding steroid dienone is 2. The SMILES string of the molecule is CCCCC(=O)N(C)CCCOc1cc(C=O)cc2nc(NC(=O)c3cc(C)nn3CC)n(C/C=C/Cn3c(NC(=O)c4cc(C)nn4CC)nc4cc(S(=O)(=O)NC)cc(OC)c43)c12. The Morgan fingerprint density at radius 3 is 1.85 bits per heavy atom. The molecule has 0 saturated carbocycles. The van der Waals surface area contributed by atoms with Gasteiger partial charge in [0.05, 0.1) is 41.0 Å². The third-order valence-electron chi connectivity index (χ3n) is 10.7. The van der Waals surface area contributed by atoms with Gasteiger partial charge in [-0.2, -0.15) is 10.2 Å². The van der Waals surface area contributed by atoms with E-state index in [-0.39, 0.29) is 53.7 Å². The van der Waals surface area contributed by atoms with Gasteiger partial charge in [-0.1, -0.05) is 25.5 Å². The van der Waals surface area contributed by atoms with Crippen molar-refractivity contribution in [1.82, 2.24) is 48.3 Å². The fourth-order valence-corrected chi connectivity index (χ4v) is 8.13. The van der Waals surface area contributed by atoms with E-state index in [4.69, 9.17) is 14.5 Å². The van der Waals surface area contributed by atoms with Gasteiger partial charge in [0.25, 0.3) is 11.8 Å². The lowest BCUT2D eigenvalue weighted by atomic mass is 10.2. The van der Waals surface area contributed by atoms with Crippen LogP contribution < -0.4 is 24.8 Å². The molecule has 6 aromatic rings. The van der Waals surface area contributed by atoms with Crippen molar-refractivity contribution in [3.8, 4) is 11.5 Å². The minimum Gasteiger partial charge on any atom is -0.494 e. The summed E-state index contributed by atoms with van der Waals surface area (Å²) in [5.74, 6) is -0.0194. The maximum atomic E-state index is 13.8. The minimum atomic E-state index is -3.90. The largest absolute Gasteiger partial charge is 0.494 e. The Kier molecular flexibility index (Phi) is 15.2. The molecule has 0 spiro atoms. The van der Waals surface area contributed by atoms with Crippen LogP contribution in [0.25, 0.3) is 22.1 Å². The summed E-state index contributed by atoms with van der Waals surface area (Å²) >= 11 is 0. The molecule has 346 valence electrons. The van der Waals surface area contributed by atoms with Crippen LogP contribution in [-0.2, 0) is 41.0 Å². The number of aryl methyl sites for hydroxylation is 4. The van der Waals surface area contributed by atoms with Crippen molar-refractivity contribution in [2.45, 2.75) is 91.4 Å². The van der Waals surface area contributed by atoms with Gasteiger partial charge in [-0.3, -0.25) is 39.2 Å². The number of fused-ring (bicyclic) bond motifs is 2. The van der Waals surface area contributed by atoms with Crippen LogP contribution in [0.4, 0.5) is 11.9 Å². The molecule has 0 bridgehead atoms. The molecule has 4 aromatic heterocycles. The Bertz CT molecular complexity index is 2870. The number of aromatic nitrogens is 8. The highest BCUT2D eigenvalue weighted by Crippen LogP contribution is 2.34. The van der Waals surface area contributed by atoms with Crippen LogP contribution in [0, 0.1) is 13.8 Å². The Morgan fingerprint density at radius 2 is 1.34 bits per heavy atom. The van der Waals surface area contributed by atoms with Gasteiger partial charge in [0.1, 0.15) is 40.2 Å². The zero-order valence-corrected chi connectivity index (χ0v) is 38.8. The molecule has 0 unspecified atom stereocenters. The van der Waals surface area contributed by atoms with Crippen LogP contribution in [-0.4, -0.2) is 110 Å². The topological polar surface area (TPSA) is 231 Å². The van der Waals surface area contributed by atoms with Crippen molar-refractivity contribution in [3.63, 3.8) is 0 Å². The highest BCUT2D eigenvalue weighted by Gasteiger charge is 2.24. The first-order chi connectivity index (χ1) is 31.2. The molecule has 2 aromatic carbocycles. The van der Waals surface area contributed by atoms with Gasteiger partial charge in [0.15, 0.2) is 0 Å². The normalized spacial score (nSPS) is 11.8. The van der Waals surface area contributed by atoms with Crippen molar-refractivity contribution in [3.05, 3.63) is 76.9 Å². The Morgan fingerprint density at radius 1 is 0.785 bits per heavy atom. The van der Waals surface area contributed by atoms with Gasteiger partial charge < -0.3 is 23.5 Å². The molecule has 0 aliphatic carbocycles. The van der Waals surface area contributed by atoms with Gasteiger partial charge in [-0.05, 0) is 77.9 Å². The van der Waals surface area contributed by atoms with Gasteiger partial charge >= 0.3 is 0 Å². The van der Waals surface area contributed by atoms with Crippen molar-refractivity contribution < 1.29 is 37.1 Å². The van der Waals surface area contributed by atoms with Crippen LogP contribution in [0.5, 0.6) is 11.5 Å². The molecule has 0 aliphatic heterocycles. The Hall–Kier alpha value is -6.87. The highest BCUT2D eigenvalue weighted by molar-refractivity contribution is 7.89. The summed E-state index contributed by atoms with van der Waals surface area (Å²) in [7, 11) is 0.574. The summed E-state index contributed by atoms with van der Waals surface area (Å²) in [5, 5.41) is 14.6. The lowest BCUT2D eigenvalue weighted by Gasteiger charge is -2.17. The fourth-order valence-electron chi connectivity index (χ4n) is 7.37. The van der Waals surface area contributed by atoms with E-state index in [9.17, 15) is 27.6 Å². The van der Waals surface area contributed by atoms with Crippen molar-refractivity contribution >= 4 is 68.0 Å². The third kappa shape index (κ3) is 10.6. The molecule has 6 rings (SSSR count). The van der Waals surface area contributed by atoms with Crippen molar-refractivity contribution in [2.75, 3.05) is 45.0 Å². The Balaban J connectivity index is 1.38. The van der Waals surface area contributed by atoms with Crippen LogP contribution in [0.2, 0.25) is 0 Å². The number of benzene rings is 2. The number of ether oxygens (including phenoxy) is 2. The lowest BCUT2D eigenvalue weighted by molar-refractivity contribution is -0.130. The summed E-state index contributed by atoms with van der Waals surface area (Å²) < 4.78 is 46.8. The number of rotatable bonds is 22. The number of carbonyl (C=O) groups excluding carboxylic acids is 4. The monoisotopic (exact) mass is 912 g/mol. The van der Waals surface area contributed by atoms with Crippen LogP contribution in [0.15, 0.2) is 53.4 Å². The first kappa shape index (κ1) is 47.6. The fraction of sp³-hybridized carbons (Fsp3) is 0.409. The predicted molar refractivity (Wildman–Crippen MR) is 245 cm³/mol. The summed E-state index contributed by atoms with van der Waals surface area (Å²) in [6.45, 7) is 11.2. The van der Waals surface area contributed by atoms with Crippen molar-refractivity contribution in [1.29, 1.82) is 0 Å². The summed E-state index contributed by atoms with van der Waals surface area (Å²) in [6, 6.07) is 9.35. The van der Waals surface area contributed by atoms with Crippen LogP contribution in [0.1, 0.15) is 89.2 Å². The second kappa shape index (κ2) is 20.8. The number of hydrogen-bond acceptors (Lipinski definition) is 12. The number of unbranched alkanes of at least 4 members (excludes halogenated alkanes) is 1. The number of methoxy groups -OCH3 is 1. The molecule has 21 heteroatoms. The van der Waals surface area contributed by atoms with E-state index >= 15 is 0 Å². The van der Waals surface area contributed by atoms with E-state index in [0.29, 0.717) is 89.4 Å². The molecule has 4 heterocycles. The number of imidazole rings is 2. The summed E-state index contributed by atoms with van der Waals surface area (Å²) in [6.07, 6.45) is 7.06. The smallest absolute Gasteiger partial charge is 0.276 e. The van der Waals surface area contributed by atoms with E-state index < -0.39 is 21.8 Å². The number of sulfonamides is 1. The number of amides is 3. The van der Waals surface area contributed by atoms with E-state index in [2.05, 4.69) is 30.5 Å². The van der Waals surface area contributed by atoms with Crippen LogP contribution >= 0.6 is 0 Å². The first-order valence-electron chi connectivity index (χ1n) is 21.4. The maximum absolute atomic E-state index is 13.8. The second-order valence-electron chi connectivity index (χ2n) is 15.3. The number of hydrogen-bond donors (Lipinski definition) is 3. The van der Waals surface area contributed by atoms with Gasteiger partial charge in [0, 0.05) is 57.8 Å². The summed E-state index contributed by atoms with van der Waals surface area (Å²) in [5.41, 5.74) is 3.85. The van der Waals surface area contributed by atoms with Gasteiger partial charge in [-0.25, -0.2) is 23.1 Å². The molecule has 0 fully saturated rings.